The van der Waals surface area contributed by atoms with Gasteiger partial charge in [-0.25, -0.2) is 9.59 Å². The van der Waals surface area contributed by atoms with Gasteiger partial charge in [-0.2, -0.15) is 0 Å². The molecular formula is C46H75ClN6O9. The zero-order valence-corrected chi connectivity index (χ0v) is 40.3. The van der Waals surface area contributed by atoms with E-state index in [4.69, 9.17) is 22.1 Å². The number of carboxylic acids is 1. The molecule has 1 rings (SSSR count). The van der Waals surface area contributed by atoms with E-state index < -0.39 is 71.9 Å². The Labute approximate surface area is 374 Å². The molecular weight excluding hydrogens is 816 g/mol. The summed E-state index contributed by atoms with van der Waals surface area (Å²) in [6, 6.07) is 3.19. The number of carboxylic acid groups (broad SMARTS) is 1. The summed E-state index contributed by atoms with van der Waals surface area (Å²) in [7, 11) is 4.59. The van der Waals surface area contributed by atoms with Crippen molar-refractivity contribution < 1.29 is 43.4 Å². The molecule has 0 aromatic heterocycles. The number of esters is 1. The highest BCUT2D eigenvalue weighted by atomic mass is 35.5. The fraction of sp³-hybridized carbons (Fsp3) is 0.674. The molecule has 1 aromatic carbocycles. The Balaban J connectivity index is 3.20. The number of hydrogen-bond acceptors (Lipinski definition) is 9. The molecule has 0 heterocycles. The maximum atomic E-state index is 14.0. The van der Waals surface area contributed by atoms with Gasteiger partial charge in [0.25, 0.3) is 5.91 Å². The normalized spacial score (nSPS) is 15.8. The molecule has 5 amide bonds. The summed E-state index contributed by atoms with van der Waals surface area (Å²) >= 11 is 6.10. The molecule has 16 heteroatoms. The van der Waals surface area contributed by atoms with Gasteiger partial charge in [-0.15, -0.1) is 0 Å². The van der Waals surface area contributed by atoms with Crippen LogP contribution in [0.25, 0.3) is 0 Å². The van der Waals surface area contributed by atoms with Crippen molar-refractivity contribution in [2.24, 2.45) is 29.4 Å². The number of allylic oxidation sites excluding steroid dienone is 1. The van der Waals surface area contributed by atoms with Crippen LogP contribution in [0.15, 0.2) is 35.9 Å². The van der Waals surface area contributed by atoms with Crippen LogP contribution in [0.1, 0.15) is 114 Å². The molecule has 0 saturated heterocycles. The second kappa shape index (κ2) is 25.6. The van der Waals surface area contributed by atoms with Crippen molar-refractivity contribution in [3.05, 3.63) is 46.5 Å². The Bertz CT molecular complexity index is 1710. The standard InChI is InChI=1S/C46H75ClN6O9/c1-15-28(5)38(43(58)59)50-37(54)26-51(12)42(57)35(25-33-20-22-34(47)23-21-33)52(13)41(56)32(9)49-40(55)36(24-27(3)4)62-44(60)31(8)19-17-18-30(7)39(29(6)16-2)53(14)45(61)46(10,11)48/h19-23,27-30,32,35-36,38-39H,15-18,24-26,48H2,1-14H3,(H,49,55)(H,50,54)(H,58,59)/b31-19+/t28?,29-,30-,32-,35+,36+,38-,39+/m0/s1. The minimum atomic E-state index is -1.22. The van der Waals surface area contributed by atoms with Gasteiger partial charge in [0.2, 0.25) is 23.6 Å². The molecule has 62 heavy (non-hydrogen) atoms. The summed E-state index contributed by atoms with van der Waals surface area (Å²) in [4.78, 5) is 96.9. The monoisotopic (exact) mass is 891 g/mol. The first-order chi connectivity index (χ1) is 28.7. The van der Waals surface area contributed by atoms with Crippen LogP contribution in [0.3, 0.4) is 0 Å². The number of benzene rings is 1. The van der Waals surface area contributed by atoms with Gasteiger partial charge in [0.15, 0.2) is 6.10 Å². The van der Waals surface area contributed by atoms with Crippen molar-refractivity contribution in [3.63, 3.8) is 0 Å². The number of halogens is 1. The van der Waals surface area contributed by atoms with Crippen LogP contribution in [-0.4, -0.2) is 125 Å². The predicted molar refractivity (Wildman–Crippen MR) is 242 cm³/mol. The Morgan fingerprint density at radius 2 is 1.42 bits per heavy atom. The quantitative estimate of drug-likeness (QED) is 0.0744. The van der Waals surface area contributed by atoms with Crippen molar-refractivity contribution in [1.29, 1.82) is 0 Å². The third-order valence-electron chi connectivity index (χ3n) is 11.5. The lowest BCUT2D eigenvalue weighted by Crippen LogP contribution is -2.56. The van der Waals surface area contributed by atoms with Crippen LogP contribution in [0, 0.1) is 23.7 Å². The molecule has 0 aliphatic rings. The average molecular weight is 892 g/mol. The van der Waals surface area contributed by atoms with E-state index in [0.717, 1.165) is 11.3 Å². The number of amides is 5. The van der Waals surface area contributed by atoms with Crippen LogP contribution in [0.2, 0.25) is 5.02 Å². The van der Waals surface area contributed by atoms with E-state index in [-0.39, 0.29) is 48.5 Å². The second-order valence-corrected chi connectivity index (χ2v) is 18.4. The van der Waals surface area contributed by atoms with Crippen LogP contribution in [0.5, 0.6) is 0 Å². The minimum Gasteiger partial charge on any atom is -0.480 e. The van der Waals surface area contributed by atoms with Gasteiger partial charge in [-0.05, 0) is 88.3 Å². The smallest absolute Gasteiger partial charge is 0.334 e. The number of nitrogens with zero attached hydrogens (tertiary/aromatic N) is 3. The SMILES string of the molecule is CCC(C)[C@H](NC(=O)CN(C)C(=O)[C@@H](Cc1ccc(Cl)cc1)N(C)C(=O)[C@H](C)NC(=O)[C@@H](CC(C)C)OC(=O)/C(C)=C/CC[C@H](C)[C@@H]([C@@H](C)CC)N(C)C(=O)C(C)(C)N)C(=O)O. The van der Waals surface area contributed by atoms with Crippen molar-refractivity contribution >= 4 is 53.1 Å². The number of nitrogens with one attached hydrogen (secondary N) is 2. The summed E-state index contributed by atoms with van der Waals surface area (Å²) in [5.74, 6) is -4.71. The van der Waals surface area contributed by atoms with Crippen LogP contribution < -0.4 is 16.4 Å². The zero-order chi connectivity index (χ0) is 47.8. The maximum Gasteiger partial charge on any atom is 0.334 e. The molecule has 1 aromatic rings. The highest BCUT2D eigenvalue weighted by Crippen LogP contribution is 2.27. The summed E-state index contributed by atoms with van der Waals surface area (Å²) in [6.45, 7) is 19.5. The van der Waals surface area contributed by atoms with Crippen molar-refractivity contribution in [3.8, 4) is 0 Å². The van der Waals surface area contributed by atoms with Gasteiger partial charge in [0, 0.05) is 44.2 Å². The summed E-state index contributed by atoms with van der Waals surface area (Å²) in [5.41, 5.74) is 6.11. The first-order valence-electron chi connectivity index (χ1n) is 21.7. The topological polar surface area (TPSA) is 209 Å². The third-order valence-corrected chi connectivity index (χ3v) is 11.7. The molecule has 0 aliphatic carbocycles. The van der Waals surface area contributed by atoms with E-state index in [1.807, 2.05) is 13.8 Å². The predicted octanol–water partition coefficient (Wildman–Crippen LogP) is 5.22. The number of aliphatic carboxylic acids is 1. The maximum absolute atomic E-state index is 14.0. The van der Waals surface area contributed by atoms with Gasteiger partial charge in [0.05, 0.1) is 12.1 Å². The van der Waals surface area contributed by atoms with Crippen LogP contribution in [-0.2, 0) is 44.7 Å². The molecule has 0 radical (unpaired) electrons. The van der Waals surface area contributed by atoms with E-state index in [1.54, 1.807) is 76.9 Å². The van der Waals surface area contributed by atoms with Crippen molar-refractivity contribution in [2.75, 3.05) is 27.7 Å². The Hall–Kier alpha value is -4.50. The highest BCUT2D eigenvalue weighted by Gasteiger charge is 2.37. The molecule has 0 bridgehead atoms. The molecule has 15 nitrogen and oxygen atoms in total. The molecule has 0 aliphatic heterocycles. The first-order valence-corrected chi connectivity index (χ1v) is 22.1. The van der Waals surface area contributed by atoms with Gasteiger partial charge >= 0.3 is 11.9 Å². The number of hydrogen-bond donors (Lipinski definition) is 4. The van der Waals surface area contributed by atoms with Crippen molar-refractivity contribution in [1.82, 2.24) is 25.3 Å². The van der Waals surface area contributed by atoms with Gasteiger partial charge in [-0.1, -0.05) is 91.1 Å². The average Bonchev–Trinajstić information content (AvgIpc) is 3.19. The number of nitrogens with two attached hydrogens (primary N) is 1. The molecule has 350 valence electrons. The fourth-order valence-electron chi connectivity index (χ4n) is 7.34. The lowest BCUT2D eigenvalue weighted by molar-refractivity contribution is -0.154. The highest BCUT2D eigenvalue weighted by molar-refractivity contribution is 6.30. The molecule has 0 fully saturated rings. The van der Waals surface area contributed by atoms with Gasteiger partial charge < -0.3 is 40.9 Å². The van der Waals surface area contributed by atoms with E-state index in [0.29, 0.717) is 35.4 Å². The number of carbonyl (C=O) groups is 7. The Morgan fingerprint density at radius 1 is 0.855 bits per heavy atom. The molecule has 5 N–H and O–H groups in total. The summed E-state index contributed by atoms with van der Waals surface area (Å²) < 4.78 is 5.74. The van der Waals surface area contributed by atoms with Gasteiger partial charge in [0.1, 0.15) is 18.1 Å². The molecule has 0 saturated carbocycles. The summed E-state index contributed by atoms with van der Waals surface area (Å²) in [5, 5.41) is 15.3. The minimum absolute atomic E-state index is 0.0342. The molecule has 1 unspecified atom stereocenters. The van der Waals surface area contributed by atoms with E-state index in [9.17, 15) is 38.7 Å². The Morgan fingerprint density at radius 3 is 1.92 bits per heavy atom. The largest absolute Gasteiger partial charge is 0.480 e. The lowest BCUT2D eigenvalue weighted by Gasteiger charge is -2.39. The molecule has 8 atom stereocenters. The fourth-order valence-corrected chi connectivity index (χ4v) is 7.47. The number of rotatable bonds is 25. The van der Waals surface area contributed by atoms with E-state index >= 15 is 0 Å². The molecule has 0 spiro atoms. The van der Waals surface area contributed by atoms with Gasteiger partial charge in [-0.3, -0.25) is 24.0 Å². The number of likely N-dealkylation sites (N-methyl/N-ethyl adjacent to an activating group) is 3. The third kappa shape index (κ3) is 17.3. The van der Waals surface area contributed by atoms with Crippen LogP contribution in [0.4, 0.5) is 0 Å². The Kier molecular flexibility index (Phi) is 22.9. The van der Waals surface area contributed by atoms with E-state index in [1.165, 1.54) is 25.9 Å². The zero-order valence-electron chi connectivity index (χ0n) is 39.5. The van der Waals surface area contributed by atoms with Crippen molar-refractivity contribution in [2.45, 2.75) is 150 Å². The lowest BCUT2D eigenvalue weighted by atomic mass is 9.84. The number of ether oxygens (including phenoxy) is 1. The van der Waals surface area contributed by atoms with Crippen LogP contribution >= 0.6 is 11.6 Å². The second-order valence-electron chi connectivity index (χ2n) is 18.0. The van der Waals surface area contributed by atoms with E-state index in [2.05, 4.69) is 31.4 Å². The summed E-state index contributed by atoms with van der Waals surface area (Å²) in [6.07, 6.45) is 3.34. The number of carbonyl (C=O) groups excluding carboxylic acids is 6. The first kappa shape index (κ1) is 55.5.